The summed E-state index contributed by atoms with van der Waals surface area (Å²) in [6.45, 7) is 5.30. The number of para-hydroxylation sites is 1. The zero-order chi connectivity index (χ0) is 16.9. The first kappa shape index (κ1) is 22.3. The Labute approximate surface area is 168 Å². The van der Waals surface area contributed by atoms with Crippen molar-refractivity contribution in [1.29, 1.82) is 0 Å². The molecular weight excluding hydrogens is 369 g/mol. The molecule has 0 radical (unpaired) electrons. The van der Waals surface area contributed by atoms with Crippen molar-refractivity contribution in [3.05, 3.63) is 65.7 Å². The summed E-state index contributed by atoms with van der Waals surface area (Å²) < 4.78 is 0. The number of aryl methyl sites for hydroxylation is 1. The predicted octanol–water partition coefficient (Wildman–Crippen LogP) is 3.06. The molecule has 2 N–H and O–H groups in total. The summed E-state index contributed by atoms with van der Waals surface area (Å²) in [6, 6.07) is 17.9. The van der Waals surface area contributed by atoms with Crippen LogP contribution < -0.4 is 10.6 Å². The van der Waals surface area contributed by atoms with Gasteiger partial charge in [-0.3, -0.25) is 4.79 Å². The average Bonchev–Trinajstić information content (AvgIpc) is 2.62. The van der Waals surface area contributed by atoms with Gasteiger partial charge in [0.25, 0.3) is 0 Å². The zero-order valence-electron chi connectivity index (χ0n) is 15.0. The topological polar surface area (TPSA) is 49.6 Å². The van der Waals surface area contributed by atoms with Gasteiger partial charge >= 0.3 is 0 Å². The lowest BCUT2D eigenvalue weighted by Crippen LogP contribution is -2.53. The van der Waals surface area contributed by atoms with Crippen LogP contribution in [0.15, 0.2) is 54.6 Å². The third-order valence-electron chi connectivity index (χ3n) is 4.66. The number of benzene rings is 2. The van der Waals surface area contributed by atoms with E-state index < -0.39 is 6.04 Å². The number of carbonyl (C=O) groups excluding carboxylic acids is 1. The Hall–Kier alpha value is -1.75. The Morgan fingerprint density at radius 3 is 2.15 bits per heavy atom. The quantitative estimate of drug-likeness (QED) is 0.864. The molecule has 1 amide bonds. The van der Waals surface area contributed by atoms with Crippen LogP contribution in [0.25, 0.3) is 0 Å². The molecule has 1 unspecified atom stereocenters. The molecule has 142 valence electrons. The molecule has 0 bridgehead atoms. The molecule has 0 spiro atoms. The standard InChI is InChI=1S/C20H25N3O.2ClH/c1-16-7-5-6-10-19(16)22-11-13-23(14-12-22)20(24)18(21)15-17-8-3-2-4-9-17;;/h2-10,18H,11-15,21H2,1H3;2*1H. The molecular formula is C20H27Cl2N3O. The van der Waals surface area contributed by atoms with E-state index in [-0.39, 0.29) is 30.7 Å². The van der Waals surface area contributed by atoms with Crippen molar-refractivity contribution < 1.29 is 4.79 Å². The number of anilines is 1. The van der Waals surface area contributed by atoms with E-state index in [4.69, 9.17) is 5.73 Å². The third-order valence-corrected chi connectivity index (χ3v) is 4.66. The van der Waals surface area contributed by atoms with Gasteiger partial charge in [0, 0.05) is 31.9 Å². The van der Waals surface area contributed by atoms with Crippen LogP contribution in [-0.4, -0.2) is 43.0 Å². The second-order valence-corrected chi connectivity index (χ2v) is 6.40. The van der Waals surface area contributed by atoms with Crippen LogP contribution in [0, 0.1) is 6.92 Å². The summed E-state index contributed by atoms with van der Waals surface area (Å²) in [7, 11) is 0. The lowest BCUT2D eigenvalue weighted by atomic mass is 10.1. The molecule has 0 saturated carbocycles. The van der Waals surface area contributed by atoms with E-state index in [9.17, 15) is 4.79 Å². The van der Waals surface area contributed by atoms with Gasteiger partial charge in [-0.1, -0.05) is 48.5 Å². The van der Waals surface area contributed by atoms with Crippen LogP contribution in [0.2, 0.25) is 0 Å². The first-order valence-corrected chi connectivity index (χ1v) is 8.54. The van der Waals surface area contributed by atoms with Crippen molar-refractivity contribution in [1.82, 2.24) is 4.90 Å². The minimum atomic E-state index is -0.461. The maximum atomic E-state index is 12.6. The van der Waals surface area contributed by atoms with E-state index in [1.807, 2.05) is 35.2 Å². The van der Waals surface area contributed by atoms with Gasteiger partial charge in [-0.2, -0.15) is 0 Å². The van der Waals surface area contributed by atoms with E-state index >= 15 is 0 Å². The van der Waals surface area contributed by atoms with Crippen molar-refractivity contribution in [3.8, 4) is 0 Å². The fraction of sp³-hybridized carbons (Fsp3) is 0.350. The molecule has 0 aliphatic carbocycles. The first-order valence-electron chi connectivity index (χ1n) is 8.54. The summed E-state index contributed by atoms with van der Waals surface area (Å²) >= 11 is 0. The van der Waals surface area contributed by atoms with Gasteiger partial charge < -0.3 is 15.5 Å². The molecule has 1 saturated heterocycles. The third kappa shape index (κ3) is 5.37. The van der Waals surface area contributed by atoms with Crippen molar-refractivity contribution in [2.24, 2.45) is 5.73 Å². The lowest BCUT2D eigenvalue weighted by molar-refractivity contribution is -0.132. The number of rotatable bonds is 4. The number of nitrogens with zero attached hydrogens (tertiary/aromatic N) is 2. The molecule has 2 aromatic rings. The van der Waals surface area contributed by atoms with Crippen LogP contribution in [0.3, 0.4) is 0 Å². The van der Waals surface area contributed by atoms with E-state index in [0.29, 0.717) is 6.42 Å². The van der Waals surface area contributed by atoms with E-state index in [1.54, 1.807) is 0 Å². The molecule has 1 atom stereocenters. The minimum absolute atomic E-state index is 0. The van der Waals surface area contributed by atoms with E-state index in [1.165, 1.54) is 11.3 Å². The number of nitrogens with two attached hydrogens (primary N) is 1. The minimum Gasteiger partial charge on any atom is -0.368 e. The molecule has 1 fully saturated rings. The van der Waals surface area contributed by atoms with Crippen molar-refractivity contribution in [3.63, 3.8) is 0 Å². The molecule has 4 nitrogen and oxygen atoms in total. The largest absolute Gasteiger partial charge is 0.368 e. The smallest absolute Gasteiger partial charge is 0.239 e. The number of amides is 1. The van der Waals surface area contributed by atoms with Gasteiger partial charge in [0.05, 0.1) is 6.04 Å². The maximum absolute atomic E-state index is 12.6. The second-order valence-electron chi connectivity index (χ2n) is 6.40. The highest BCUT2D eigenvalue weighted by atomic mass is 35.5. The molecule has 0 aromatic heterocycles. The van der Waals surface area contributed by atoms with Crippen molar-refractivity contribution in [2.45, 2.75) is 19.4 Å². The summed E-state index contributed by atoms with van der Waals surface area (Å²) in [4.78, 5) is 16.8. The lowest BCUT2D eigenvalue weighted by Gasteiger charge is -2.37. The highest BCUT2D eigenvalue weighted by Gasteiger charge is 2.25. The summed E-state index contributed by atoms with van der Waals surface area (Å²) in [5.74, 6) is 0.0586. The Bertz CT molecular complexity index is 688. The number of hydrogen-bond donors (Lipinski definition) is 1. The SMILES string of the molecule is Cc1ccccc1N1CCN(C(=O)C(N)Cc2ccccc2)CC1.Cl.Cl. The number of carbonyl (C=O) groups is 1. The molecule has 6 heteroatoms. The second kappa shape index (κ2) is 10.4. The molecule has 2 aromatic carbocycles. The van der Waals surface area contributed by atoms with Crippen LogP contribution in [0.1, 0.15) is 11.1 Å². The number of piperazine rings is 1. The maximum Gasteiger partial charge on any atom is 0.239 e. The van der Waals surface area contributed by atoms with E-state index in [2.05, 4.69) is 36.1 Å². The van der Waals surface area contributed by atoms with Gasteiger partial charge in [-0.25, -0.2) is 0 Å². The first-order chi connectivity index (χ1) is 11.6. The highest BCUT2D eigenvalue weighted by molar-refractivity contribution is 5.85. The highest BCUT2D eigenvalue weighted by Crippen LogP contribution is 2.21. The number of hydrogen-bond acceptors (Lipinski definition) is 3. The molecule has 1 aliphatic rings. The molecule has 26 heavy (non-hydrogen) atoms. The van der Waals surface area contributed by atoms with Crippen molar-refractivity contribution in [2.75, 3.05) is 31.1 Å². The van der Waals surface area contributed by atoms with Gasteiger partial charge in [0.15, 0.2) is 0 Å². The average molecular weight is 396 g/mol. The van der Waals surface area contributed by atoms with Crippen LogP contribution in [0.4, 0.5) is 5.69 Å². The Kier molecular flexibility index (Phi) is 8.93. The van der Waals surface area contributed by atoms with Crippen LogP contribution >= 0.6 is 24.8 Å². The van der Waals surface area contributed by atoms with Gasteiger partial charge in [-0.05, 0) is 30.5 Å². The molecule has 3 rings (SSSR count). The Balaban J connectivity index is 0.00000169. The normalized spacial score (nSPS) is 14.8. The summed E-state index contributed by atoms with van der Waals surface area (Å²) in [5.41, 5.74) is 9.79. The van der Waals surface area contributed by atoms with Crippen molar-refractivity contribution >= 4 is 36.4 Å². The summed E-state index contributed by atoms with van der Waals surface area (Å²) in [5, 5.41) is 0. The predicted molar refractivity (Wildman–Crippen MR) is 113 cm³/mol. The van der Waals surface area contributed by atoms with Gasteiger partial charge in [-0.15, -0.1) is 24.8 Å². The van der Waals surface area contributed by atoms with Crippen LogP contribution in [-0.2, 0) is 11.2 Å². The Morgan fingerprint density at radius 2 is 1.54 bits per heavy atom. The molecule has 1 aliphatic heterocycles. The zero-order valence-corrected chi connectivity index (χ0v) is 16.6. The monoisotopic (exact) mass is 395 g/mol. The summed E-state index contributed by atoms with van der Waals surface area (Å²) in [6.07, 6.45) is 0.595. The van der Waals surface area contributed by atoms with Gasteiger partial charge in [0.1, 0.15) is 0 Å². The van der Waals surface area contributed by atoms with E-state index in [0.717, 1.165) is 31.7 Å². The Morgan fingerprint density at radius 1 is 0.962 bits per heavy atom. The number of halogens is 2. The fourth-order valence-electron chi connectivity index (χ4n) is 3.28. The van der Waals surface area contributed by atoms with Crippen LogP contribution in [0.5, 0.6) is 0 Å². The molecule has 1 heterocycles. The van der Waals surface area contributed by atoms with Gasteiger partial charge in [0.2, 0.25) is 5.91 Å². The fourth-order valence-corrected chi connectivity index (χ4v) is 3.28.